The molecule has 2 N–H and O–H groups in total. The van der Waals surface area contributed by atoms with Crippen molar-refractivity contribution in [3.63, 3.8) is 0 Å². The maximum atomic E-state index is 11.9. The van der Waals surface area contributed by atoms with Crippen LogP contribution in [0.15, 0.2) is 0 Å². The molecule has 0 aromatic carbocycles. The van der Waals surface area contributed by atoms with Gasteiger partial charge in [0.05, 0.1) is 6.10 Å². The predicted octanol–water partition coefficient (Wildman–Crippen LogP) is 2.23. The molecule has 0 aliphatic carbocycles. The largest absolute Gasteiger partial charge is 0.389 e. The second-order valence-corrected chi connectivity index (χ2v) is 3.72. The molecule has 2 atom stereocenters. The molecule has 2 nitrogen and oxygen atoms in total. The van der Waals surface area contributed by atoms with Gasteiger partial charge in [-0.25, -0.2) is 0 Å². The zero-order chi connectivity index (χ0) is 10.6. The Kier molecular flexibility index (Phi) is 4.19. The molecule has 5 heteroatoms. The van der Waals surface area contributed by atoms with Gasteiger partial charge in [0.15, 0.2) is 0 Å². The summed E-state index contributed by atoms with van der Waals surface area (Å²) in [6.45, 7) is 0.629. The summed E-state index contributed by atoms with van der Waals surface area (Å²) in [6.07, 6.45) is -2.34. The Morgan fingerprint density at radius 2 is 2.07 bits per heavy atom. The topological polar surface area (TPSA) is 35.2 Å². The van der Waals surface area contributed by atoms with Crippen LogP contribution in [0.25, 0.3) is 0 Å². The quantitative estimate of drug-likeness (QED) is 0.776. The monoisotopic (exact) mass is 211 g/mol. The Balaban J connectivity index is 2.23. The Morgan fingerprint density at radius 1 is 1.36 bits per heavy atom. The van der Waals surface area contributed by atoms with Crippen molar-refractivity contribution >= 4 is 0 Å². The highest BCUT2D eigenvalue weighted by atomic mass is 19.4. The first-order valence-electron chi connectivity index (χ1n) is 4.93. The summed E-state index contributed by atoms with van der Waals surface area (Å²) < 4.78 is 41.0. The van der Waals surface area contributed by atoms with Crippen molar-refractivity contribution in [1.29, 1.82) is 0 Å². The van der Waals surface area contributed by atoms with Crippen LogP contribution in [-0.4, -0.2) is 24.9 Å². The van der Waals surface area contributed by atoms with Crippen LogP contribution in [-0.2, 0) is 4.74 Å². The highest BCUT2D eigenvalue weighted by Gasteiger charge is 2.30. The van der Waals surface area contributed by atoms with Crippen LogP contribution >= 0.6 is 0 Å². The lowest BCUT2D eigenvalue weighted by molar-refractivity contribution is -0.138. The van der Waals surface area contributed by atoms with Crippen molar-refractivity contribution in [2.45, 2.75) is 50.4 Å². The first-order valence-corrected chi connectivity index (χ1v) is 4.93. The van der Waals surface area contributed by atoms with E-state index < -0.39 is 18.6 Å². The summed E-state index contributed by atoms with van der Waals surface area (Å²) in [6, 6.07) is -0.475. The Labute approximate surface area is 81.6 Å². The van der Waals surface area contributed by atoms with Crippen LogP contribution < -0.4 is 5.73 Å². The maximum absolute atomic E-state index is 11.9. The number of nitrogens with two attached hydrogens (primary N) is 1. The summed E-state index contributed by atoms with van der Waals surface area (Å²) in [5, 5.41) is 0. The van der Waals surface area contributed by atoms with Gasteiger partial charge in [-0.2, -0.15) is 13.2 Å². The highest BCUT2D eigenvalue weighted by Crippen LogP contribution is 2.24. The van der Waals surface area contributed by atoms with Crippen molar-refractivity contribution in [2.75, 3.05) is 6.61 Å². The molecular formula is C9H16F3NO. The third kappa shape index (κ3) is 4.28. The third-order valence-corrected chi connectivity index (χ3v) is 2.45. The fourth-order valence-corrected chi connectivity index (χ4v) is 1.62. The zero-order valence-electron chi connectivity index (χ0n) is 8.02. The maximum Gasteiger partial charge on any atom is 0.389 e. The fourth-order valence-electron chi connectivity index (χ4n) is 1.62. The molecule has 0 bridgehead atoms. The minimum atomic E-state index is -4.10. The van der Waals surface area contributed by atoms with E-state index in [-0.39, 0.29) is 12.5 Å². The normalized spacial score (nSPS) is 26.1. The predicted molar refractivity (Wildman–Crippen MR) is 46.9 cm³/mol. The standard InChI is InChI=1S/C9H16F3NO/c10-9(11,12)5-4-7(13)8-3-1-2-6-14-8/h7-8H,1-6,13H2. The number of halogens is 3. The van der Waals surface area contributed by atoms with E-state index in [0.29, 0.717) is 6.61 Å². The van der Waals surface area contributed by atoms with Gasteiger partial charge in [-0.1, -0.05) is 0 Å². The van der Waals surface area contributed by atoms with E-state index in [4.69, 9.17) is 10.5 Å². The first-order chi connectivity index (χ1) is 6.49. The van der Waals surface area contributed by atoms with Gasteiger partial charge in [0.1, 0.15) is 0 Å². The molecule has 0 aromatic heterocycles. The summed E-state index contributed by atoms with van der Waals surface area (Å²) in [7, 11) is 0. The average Bonchev–Trinajstić information content (AvgIpc) is 2.14. The minimum absolute atomic E-state index is 0.0336. The SMILES string of the molecule is NC(CCC(F)(F)F)C1CCCCO1. The third-order valence-electron chi connectivity index (χ3n) is 2.45. The molecule has 1 rings (SSSR count). The number of ether oxygens (including phenoxy) is 1. The molecule has 0 saturated carbocycles. The average molecular weight is 211 g/mol. The lowest BCUT2D eigenvalue weighted by Gasteiger charge is -2.28. The zero-order valence-corrected chi connectivity index (χ0v) is 8.02. The van der Waals surface area contributed by atoms with Crippen LogP contribution in [0.5, 0.6) is 0 Å². The van der Waals surface area contributed by atoms with Crippen LogP contribution in [0.3, 0.4) is 0 Å². The number of hydrogen-bond donors (Lipinski definition) is 1. The van der Waals surface area contributed by atoms with Gasteiger partial charge in [-0.15, -0.1) is 0 Å². The Hall–Kier alpha value is -0.290. The minimum Gasteiger partial charge on any atom is -0.377 e. The molecular weight excluding hydrogens is 195 g/mol. The van der Waals surface area contributed by atoms with Crippen LogP contribution in [0.4, 0.5) is 13.2 Å². The van der Waals surface area contributed by atoms with E-state index in [2.05, 4.69) is 0 Å². The van der Waals surface area contributed by atoms with Gasteiger partial charge in [0, 0.05) is 19.1 Å². The van der Waals surface area contributed by atoms with Gasteiger partial charge in [0.2, 0.25) is 0 Å². The van der Waals surface area contributed by atoms with Crippen molar-refractivity contribution in [3.05, 3.63) is 0 Å². The van der Waals surface area contributed by atoms with Crippen molar-refractivity contribution in [1.82, 2.24) is 0 Å². The molecule has 0 aromatic rings. The molecule has 1 fully saturated rings. The summed E-state index contributed by atoms with van der Waals surface area (Å²) >= 11 is 0. The lowest BCUT2D eigenvalue weighted by Crippen LogP contribution is -2.39. The van der Waals surface area contributed by atoms with E-state index >= 15 is 0 Å². The van der Waals surface area contributed by atoms with Crippen molar-refractivity contribution in [2.24, 2.45) is 5.73 Å². The smallest absolute Gasteiger partial charge is 0.377 e. The van der Waals surface area contributed by atoms with Crippen LogP contribution in [0, 0.1) is 0 Å². The number of rotatable bonds is 3. The van der Waals surface area contributed by atoms with Gasteiger partial charge < -0.3 is 10.5 Å². The Bertz CT molecular complexity index is 166. The van der Waals surface area contributed by atoms with E-state index in [1.165, 1.54) is 0 Å². The molecule has 1 heterocycles. The van der Waals surface area contributed by atoms with Crippen LogP contribution in [0.2, 0.25) is 0 Å². The van der Waals surface area contributed by atoms with Crippen LogP contribution in [0.1, 0.15) is 32.1 Å². The van der Waals surface area contributed by atoms with Crippen molar-refractivity contribution in [3.8, 4) is 0 Å². The van der Waals surface area contributed by atoms with E-state index in [0.717, 1.165) is 19.3 Å². The van der Waals surface area contributed by atoms with E-state index in [9.17, 15) is 13.2 Å². The molecule has 1 aliphatic heterocycles. The highest BCUT2D eigenvalue weighted by molar-refractivity contribution is 4.77. The first kappa shape index (κ1) is 11.8. The lowest BCUT2D eigenvalue weighted by atomic mass is 9.99. The number of hydrogen-bond acceptors (Lipinski definition) is 2. The van der Waals surface area contributed by atoms with Gasteiger partial charge in [-0.05, 0) is 25.7 Å². The van der Waals surface area contributed by atoms with Gasteiger partial charge in [0.25, 0.3) is 0 Å². The fraction of sp³-hybridized carbons (Fsp3) is 1.00. The van der Waals surface area contributed by atoms with E-state index in [1.54, 1.807) is 0 Å². The molecule has 1 saturated heterocycles. The molecule has 0 spiro atoms. The van der Waals surface area contributed by atoms with Gasteiger partial charge in [-0.3, -0.25) is 0 Å². The molecule has 84 valence electrons. The molecule has 1 aliphatic rings. The summed E-state index contributed by atoms with van der Waals surface area (Å²) in [5.74, 6) is 0. The summed E-state index contributed by atoms with van der Waals surface area (Å²) in [4.78, 5) is 0. The molecule has 0 radical (unpaired) electrons. The van der Waals surface area contributed by atoms with Gasteiger partial charge >= 0.3 is 6.18 Å². The Morgan fingerprint density at radius 3 is 2.57 bits per heavy atom. The molecule has 14 heavy (non-hydrogen) atoms. The number of alkyl halides is 3. The van der Waals surface area contributed by atoms with E-state index in [1.807, 2.05) is 0 Å². The summed E-state index contributed by atoms with van der Waals surface area (Å²) in [5.41, 5.74) is 5.63. The second-order valence-electron chi connectivity index (χ2n) is 3.72. The van der Waals surface area contributed by atoms with Crippen molar-refractivity contribution < 1.29 is 17.9 Å². The molecule has 2 unspecified atom stereocenters. The second kappa shape index (κ2) is 4.98. The molecule has 0 amide bonds.